The molecule has 1 aromatic carbocycles. The maximum atomic E-state index is 14.5. The number of aryl methyl sites for hydroxylation is 1. The van der Waals surface area contributed by atoms with E-state index in [1.807, 2.05) is 12.2 Å². The molecule has 1 N–H and O–H groups in total. The van der Waals surface area contributed by atoms with Gasteiger partial charge in [-0.25, -0.2) is 9.37 Å². The first-order valence-electron chi connectivity index (χ1n) is 8.52. The minimum absolute atomic E-state index is 0.0187. The Balaban J connectivity index is 1.77. The van der Waals surface area contributed by atoms with Crippen molar-refractivity contribution in [1.29, 1.82) is 0 Å². The number of benzene rings is 1. The van der Waals surface area contributed by atoms with E-state index in [1.165, 1.54) is 16.7 Å². The van der Waals surface area contributed by atoms with E-state index in [9.17, 15) is 8.78 Å². The smallest absolute Gasteiger partial charge is 0.239 e. The summed E-state index contributed by atoms with van der Waals surface area (Å²) in [6.07, 6.45) is 6.14. The number of halogens is 3. The van der Waals surface area contributed by atoms with Crippen LogP contribution in [0.3, 0.4) is 0 Å². The molecule has 1 unspecified atom stereocenters. The highest BCUT2D eigenvalue weighted by Gasteiger charge is 2.19. The van der Waals surface area contributed by atoms with Crippen LogP contribution in [0, 0.1) is 18.6 Å². The van der Waals surface area contributed by atoms with Gasteiger partial charge in [0.1, 0.15) is 11.6 Å². The zero-order valence-electron chi connectivity index (χ0n) is 15.1. The standard InChI is InChI=1S/C19H16ClF2N5O/c1-10-23-14-8-3-11(21)9-15(14)27(10)19-25-17(20)16(22)18(26-19)24-12-4-6-13(28-2)7-5-12/h3-6,8-9,13H,7H2,1-2H3,(H,24,25,26). The van der Waals surface area contributed by atoms with Gasteiger partial charge in [-0.05, 0) is 31.6 Å². The fourth-order valence-corrected chi connectivity index (χ4v) is 3.18. The molecule has 0 bridgehead atoms. The summed E-state index contributed by atoms with van der Waals surface area (Å²) in [5.74, 6) is -0.671. The van der Waals surface area contributed by atoms with Crippen LogP contribution in [0.1, 0.15) is 12.2 Å². The Morgan fingerprint density at radius 1 is 1.25 bits per heavy atom. The van der Waals surface area contributed by atoms with Gasteiger partial charge in [-0.15, -0.1) is 0 Å². The molecule has 0 fully saturated rings. The molecule has 0 spiro atoms. The minimum atomic E-state index is -0.776. The number of hydrogen-bond acceptors (Lipinski definition) is 5. The van der Waals surface area contributed by atoms with Crippen LogP contribution in [-0.2, 0) is 4.74 Å². The van der Waals surface area contributed by atoms with E-state index >= 15 is 0 Å². The van der Waals surface area contributed by atoms with Crippen molar-refractivity contribution in [1.82, 2.24) is 19.5 Å². The van der Waals surface area contributed by atoms with Crippen LogP contribution in [0.25, 0.3) is 17.0 Å². The van der Waals surface area contributed by atoms with Crippen LogP contribution < -0.4 is 5.32 Å². The number of anilines is 1. The van der Waals surface area contributed by atoms with Gasteiger partial charge in [-0.1, -0.05) is 23.8 Å². The molecule has 0 aliphatic heterocycles. The predicted molar refractivity (Wildman–Crippen MR) is 103 cm³/mol. The number of methoxy groups -OCH3 is 1. The molecule has 2 heterocycles. The molecule has 0 saturated carbocycles. The summed E-state index contributed by atoms with van der Waals surface area (Å²) in [6, 6.07) is 4.20. The number of ether oxygens (including phenoxy) is 1. The van der Waals surface area contributed by atoms with Crippen molar-refractivity contribution in [3.63, 3.8) is 0 Å². The van der Waals surface area contributed by atoms with Crippen molar-refractivity contribution < 1.29 is 13.5 Å². The van der Waals surface area contributed by atoms with Crippen molar-refractivity contribution in [2.75, 3.05) is 12.4 Å². The number of fused-ring (bicyclic) bond motifs is 1. The van der Waals surface area contributed by atoms with E-state index in [2.05, 4.69) is 20.3 Å². The molecule has 28 heavy (non-hydrogen) atoms. The van der Waals surface area contributed by atoms with Crippen molar-refractivity contribution in [3.05, 3.63) is 64.7 Å². The largest absolute Gasteiger partial charge is 0.377 e. The molecular weight excluding hydrogens is 388 g/mol. The van der Waals surface area contributed by atoms with Gasteiger partial charge in [0.15, 0.2) is 11.0 Å². The van der Waals surface area contributed by atoms with E-state index in [0.717, 1.165) is 0 Å². The molecule has 4 rings (SSSR count). The first-order valence-corrected chi connectivity index (χ1v) is 8.90. The predicted octanol–water partition coefficient (Wildman–Crippen LogP) is 4.33. The second-order valence-corrected chi connectivity index (χ2v) is 6.62. The van der Waals surface area contributed by atoms with Crippen LogP contribution in [0.15, 0.2) is 42.1 Å². The lowest BCUT2D eigenvalue weighted by atomic mass is 10.1. The lowest BCUT2D eigenvalue weighted by molar-refractivity contribution is 0.142. The van der Waals surface area contributed by atoms with Gasteiger partial charge in [0.2, 0.25) is 11.8 Å². The monoisotopic (exact) mass is 403 g/mol. The number of nitrogens with one attached hydrogen (secondary N) is 1. The second kappa shape index (κ2) is 7.29. The van der Waals surface area contributed by atoms with E-state index in [4.69, 9.17) is 16.3 Å². The maximum Gasteiger partial charge on any atom is 0.239 e. The fraction of sp³-hybridized carbons (Fsp3) is 0.211. The quantitative estimate of drug-likeness (QED) is 0.657. The van der Waals surface area contributed by atoms with Gasteiger partial charge in [0.25, 0.3) is 0 Å². The Labute approximate surface area is 164 Å². The molecular formula is C19H16ClF2N5O. The summed E-state index contributed by atoms with van der Waals surface area (Å²) in [4.78, 5) is 12.6. The lowest BCUT2D eigenvalue weighted by Crippen LogP contribution is -2.13. The van der Waals surface area contributed by atoms with E-state index < -0.39 is 11.6 Å². The average molecular weight is 404 g/mol. The third-order valence-electron chi connectivity index (χ3n) is 4.41. The van der Waals surface area contributed by atoms with Crippen molar-refractivity contribution >= 4 is 28.5 Å². The first-order chi connectivity index (χ1) is 13.5. The van der Waals surface area contributed by atoms with E-state index in [1.54, 1.807) is 26.2 Å². The second-order valence-electron chi connectivity index (χ2n) is 6.26. The highest BCUT2D eigenvalue weighted by molar-refractivity contribution is 6.29. The summed E-state index contributed by atoms with van der Waals surface area (Å²) in [6.45, 7) is 1.73. The topological polar surface area (TPSA) is 64.9 Å². The van der Waals surface area contributed by atoms with Crippen molar-refractivity contribution in [3.8, 4) is 5.95 Å². The Bertz CT molecular complexity index is 1130. The number of aromatic nitrogens is 4. The van der Waals surface area contributed by atoms with Gasteiger partial charge in [-0.3, -0.25) is 4.57 Å². The highest BCUT2D eigenvalue weighted by atomic mass is 35.5. The Morgan fingerprint density at radius 3 is 2.79 bits per heavy atom. The molecule has 0 saturated heterocycles. The normalized spacial score (nSPS) is 16.5. The number of rotatable bonds is 4. The zero-order valence-corrected chi connectivity index (χ0v) is 15.8. The molecule has 2 aromatic heterocycles. The average Bonchev–Trinajstić information content (AvgIpc) is 3.01. The minimum Gasteiger partial charge on any atom is -0.377 e. The van der Waals surface area contributed by atoms with Crippen LogP contribution >= 0.6 is 11.6 Å². The Morgan fingerprint density at radius 2 is 2.07 bits per heavy atom. The Kier molecular flexibility index (Phi) is 4.82. The van der Waals surface area contributed by atoms with Crippen LogP contribution in [0.5, 0.6) is 0 Å². The van der Waals surface area contributed by atoms with Gasteiger partial charge in [-0.2, -0.15) is 14.4 Å². The number of allylic oxidation sites excluding steroid dienone is 1. The summed E-state index contributed by atoms with van der Waals surface area (Å²) in [5, 5.41) is 2.57. The van der Waals surface area contributed by atoms with Crippen LogP contribution in [0.4, 0.5) is 14.6 Å². The fourth-order valence-electron chi connectivity index (χ4n) is 3.02. The Hall–Kier alpha value is -2.84. The van der Waals surface area contributed by atoms with Gasteiger partial charge >= 0.3 is 0 Å². The zero-order chi connectivity index (χ0) is 19.8. The number of nitrogens with zero attached hydrogens (tertiary/aromatic N) is 4. The van der Waals surface area contributed by atoms with Crippen LogP contribution in [-0.4, -0.2) is 32.7 Å². The van der Waals surface area contributed by atoms with E-state index in [-0.39, 0.29) is 23.0 Å². The molecule has 0 amide bonds. The third kappa shape index (κ3) is 3.36. The molecule has 1 atom stereocenters. The molecule has 0 radical (unpaired) electrons. The molecule has 9 heteroatoms. The highest BCUT2D eigenvalue weighted by Crippen LogP contribution is 2.26. The third-order valence-corrected chi connectivity index (χ3v) is 4.66. The van der Waals surface area contributed by atoms with E-state index in [0.29, 0.717) is 29.0 Å². The van der Waals surface area contributed by atoms with Gasteiger partial charge in [0.05, 0.1) is 17.1 Å². The number of imidazole rings is 1. The molecule has 3 aromatic rings. The molecule has 144 valence electrons. The first kappa shape index (κ1) is 18.5. The van der Waals surface area contributed by atoms with Crippen molar-refractivity contribution in [2.45, 2.75) is 19.4 Å². The van der Waals surface area contributed by atoms with Gasteiger partial charge < -0.3 is 10.1 Å². The molecule has 1 aliphatic rings. The summed E-state index contributed by atoms with van der Waals surface area (Å²) in [7, 11) is 1.62. The summed E-state index contributed by atoms with van der Waals surface area (Å²) >= 11 is 6.00. The SMILES string of the molecule is COC1C=CC(Nc2nc(-n3c(C)nc4ccc(F)cc43)nc(Cl)c2F)=CC1. The summed E-state index contributed by atoms with van der Waals surface area (Å²) in [5.41, 5.74) is 1.69. The van der Waals surface area contributed by atoms with Gasteiger partial charge in [0, 0.05) is 18.9 Å². The molecule has 1 aliphatic carbocycles. The summed E-state index contributed by atoms with van der Waals surface area (Å²) < 4.78 is 35.0. The van der Waals surface area contributed by atoms with Crippen molar-refractivity contribution in [2.24, 2.45) is 0 Å². The van der Waals surface area contributed by atoms with Crippen LogP contribution in [0.2, 0.25) is 5.15 Å². The number of hydrogen-bond donors (Lipinski definition) is 1. The maximum absolute atomic E-state index is 14.5. The lowest BCUT2D eigenvalue weighted by Gasteiger charge is -2.16. The molecule has 6 nitrogen and oxygen atoms in total.